The molecule has 0 saturated heterocycles. The maximum Gasteiger partial charge on any atom is 0.0481 e. The molecule has 0 atom stereocenters. The third-order valence-corrected chi connectivity index (χ3v) is 4.50. The van der Waals surface area contributed by atoms with Gasteiger partial charge in [0, 0.05) is 26.4 Å². The predicted molar refractivity (Wildman–Crippen MR) is 119 cm³/mol. The summed E-state index contributed by atoms with van der Waals surface area (Å²) in [6, 6.07) is 0. The number of hydrogen-bond acceptors (Lipinski definition) is 3. The molecular weight excluding hydrogens is 318 g/mol. The molecular formula is C23H45N3. The number of allylic oxidation sites excluding steroid dienone is 4. The molecule has 0 aromatic rings. The Balaban J connectivity index is 3.26. The fourth-order valence-electron chi connectivity index (χ4n) is 2.75. The standard InChI is InChI=1S/C23H45N3/c1-4-5-6-7-8-9-10-11-12-13-14-15-16-17-18-19-20-21-25-26(3)23-22-24-2/h8-9,11-12,21,24H,4-7,10,13-20,22-23H2,1-3H3/b9-8-,12-11-,25-21?. The summed E-state index contributed by atoms with van der Waals surface area (Å²) in [6.45, 7) is 4.21. The predicted octanol–water partition coefficient (Wildman–Crippen LogP) is 6.33. The minimum absolute atomic E-state index is 0.969. The Bertz CT molecular complexity index is 347. The van der Waals surface area contributed by atoms with Crippen LogP contribution in [0.3, 0.4) is 0 Å². The van der Waals surface area contributed by atoms with Gasteiger partial charge in [-0.25, -0.2) is 0 Å². The van der Waals surface area contributed by atoms with Crippen molar-refractivity contribution >= 4 is 6.21 Å². The van der Waals surface area contributed by atoms with Gasteiger partial charge in [-0.2, -0.15) is 5.10 Å². The molecule has 0 aromatic heterocycles. The Morgan fingerprint density at radius 3 is 1.96 bits per heavy atom. The smallest absolute Gasteiger partial charge is 0.0481 e. The Labute approximate surface area is 164 Å². The lowest BCUT2D eigenvalue weighted by atomic mass is 10.1. The van der Waals surface area contributed by atoms with Crippen LogP contribution in [-0.2, 0) is 0 Å². The summed E-state index contributed by atoms with van der Waals surface area (Å²) in [5.74, 6) is 0. The Morgan fingerprint density at radius 2 is 1.35 bits per heavy atom. The number of hydrazone groups is 1. The average Bonchev–Trinajstić information content (AvgIpc) is 2.65. The number of rotatable bonds is 19. The van der Waals surface area contributed by atoms with Gasteiger partial charge in [0.1, 0.15) is 0 Å². The van der Waals surface area contributed by atoms with E-state index in [0.29, 0.717) is 0 Å². The fourth-order valence-corrected chi connectivity index (χ4v) is 2.75. The molecule has 0 aromatic carbocycles. The van der Waals surface area contributed by atoms with Crippen LogP contribution in [0, 0.1) is 0 Å². The van der Waals surface area contributed by atoms with Gasteiger partial charge in [-0.15, -0.1) is 0 Å². The van der Waals surface area contributed by atoms with Crippen molar-refractivity contribution in [2.75, 3.05) is 27.2 Å². The van der Waals surface area contributed by atoms with Gasteiger partial charge in [-0.3, -0.25) is 5.01 Å². The Morgan fingerprint density at radius 1 is 0.769 bits per heavy atom. The van der Waals surface area contributed by atoms with Crippen molar-refractivity contribution < 1.29 is 0 Å². The lowest BCUT2D eigenvalue weighted by Gasteiger charge is -2.11. The van der Waals surface area contributed by atoms with E-state index in [1.54, 1.807) is 0 Å². The Kier molecular flexibility index (Phi) is 21.0. The fraction of sp³-hybridized carbons (Fsp3) is 0.783. The van der Waals surface area contributed by atoms with Crippen LogP contribution in [0.5, 0.6) is 0 Å². The first-order valence-electron chi connectivity index (χ1n) is 11.0. The van der Waals surface area contributed by atoms with E-state index in [2.05, 4.69) is 47.9 Å². The lowest BCUT2D eigenvalue weighted by Crippen LogP contribution is -2.23. The molecule has 3 nitrogen and oxygen atoms in total. The van der Waals surface area contributed by atoms with Gasteiger partial charge in [-0.05, 0) is 52.0 Å². The molecule has 0 fully saturated rings. The lowest BCUT2D eigenvalue weighted by molar-refractivity contribution is 0.355. The largest absolute Gasteiger partial charge is 0.318 e. The van der Waals surface area contributed by atoms with E-state index in [1.165, 1.54) is 70.6 Å². The molecule has 0 bridgehead atoms. The summed E-state index contributed by atoms with van der Waals surface area (Å²) >= 11 is 0. The molecule has 0 aliphatic rings. The summed E-state index contributed by atoms with van der Waals surface area (Å²) in [4.78, 5) is 0. The second-order valence-corrected chi connectivity index (χ2v) is 7.16. The molecule has 0 spiro atoms. The molecule has 0 aliphatic heterocycles. The van der Waals surface area contributed by atoms with Gasteiger partial charge in [0.05, 0.1) is 0 Å². The molecule has 0 aliphatic carbocycles. The van der Waals surface area contributed by atoms with E-state index in [4.69, 9.17) is 0 Å². The molecule has 1 N–H and O–H groups in total. The van der Waals surface area contributed by atoms with E-state index in [0.717, 1.165) is 25.9 Å². The highest BCUT2D eigenvalue weighted by atomic mass is 15.4. The molecule has 0 radical (unpaired) electrons. The van der Waals surface area contributed by atoms with Crippen LogP contribution in [0.4, 0.5) is 0 Å². The van der Waals surface area contributed by atoms with Gasteiger partial charge in [0.15, 0.2) is 0 Å². The van der Waals surface area contributed by atoms with Crippen molar-refractivity contribution in [2.24, 2.45) is 5.10 Å². The monoisotopic (exact) mass is 363 g/mol. The van der Waals surface area contributed by atoms with Gasteiger partial charge >= 0.3 is 0 Å². The topological polar surface area (TPSA) is 27.6 Å². The van der Waals surface area contributed by atoms with Crippen molar-refractivity contribution in [1.82, 2.24) is 10.3 Å². The quantitative estimate of drug-likeness (QED) is 0.126. The number of nitrogens with one attached hydrogen (secondary N) is 1. The van der Waals surface area contributed by atoms with E-state index < -0.39 is 0 Å². The van der Waals surface area contributed by atoms with Gasteiger partial charge < -0.3 is 5.32 Å². The third-order valence-electron chi connectivity index (χ3n) is 4.50. The molecule has 152 valence electrons. The first-order chi connectivity index (χ1) is 12.8. The van der Waals surface area contributed by atoms with Crippen LogP contribution in [0.25, 0.3) is 0 Å². The summed E-state index contributed by atoms with van der Waals surface area (Å²) in [5.41, 5.74) is 0. The minimum atomic E-state index is 0.969. The van der Waals surface area contributed by atoms with E-state index in [1.807, 2.05) is 19.1 Å². The Hall–Kier alpha value is -1.09. The minimum Gasteiger partial charge on any atom is -0.318 e. The highest BCUT2D eigenvalue weighted by molar-refractivity contribution is 5.56. The molecule has 0 unspecified atom stereocenters. The summed E-state index contributed by atoms with van der Waals surface area (Å²) < 4.78 is 0. The number of unbranched alkanes of at least 4 members (excludes halogenated alkanes) is 10. The molecule has 0 saturated carbocycles. The molecule has 3 heteroatoms. The van der Waals surface area contributed by atoms with Crippen LogP contribution < -0.4 is 5.32 Å². The van der Waals surface area contributed by atoms with E-state index >= 15 is 0 Å². The number of nitrogens with zero attached hydrogens (tertiary/aromatic N) is 2. The second-order valence-electron chi connectivity index (χ2n) is 7.16. The van der Waals surface area contributed by atoms with Crippen molar-refractivity contribution in [2.45, 2.75) is 90.4 Å². The molecule has 0 amide bonds. The zero-order valence-electron chi connectivity index (χ0n) is 17.9. The second kappa shape index (κ2) is 22.0. The van der Waals surface area contributed by atoms with Crippen molar-refractivity contribution in [3.8, 4) is 0 Å². The van der Waals surface area contributed by atoms with Gasteiger partial charge in [0.25, 0.3) is 0 Å². The van der Waals surface area contributed by atoms with Crippen molar-refractivity contribution in [3.05, 3.63) is 24.3 Å². The highest BCUT2D eigenvalue weighted by Crippen LogP contribution is 2.09. The maximum absolute atomic E-state index is 4.42. The van der Waals surface area contributed by atoms with Crippen molar-refractivity contribution in [1.29, 1.82) is 0 Å². The van der Waals surface area contributed by atoms with Crippen LogP contribution in [0.15, 0.2) is 29.4 Å². The van der Waals surface area contributed by atoms with Crippen molar-refractivity contribution in [3.63, 3.8) is 0 Å². The first kappa shape index (κ1) is 24.9. The number of hydrogen-bond donors (Lipinski definition) is 1. The summed E-state index contributed by atoms with van der Waals surface area (Å²) in [7, 11) is 4.01. The van der Waals surface area contributed by atoms with E-state index in [9.17, 15) is 0 Å². The van der Waals surface area contributed by atoms with Crippen LogP contribution in [0.1, 0.15) is 90.4 Å². The average molecular weight is 364 g/mol. The molecule has 0 rings (SSSR count). The van der Waals surface area contributed by atoms with Crippen LogP contribution in [0.2, 0.25) is 0 Å². The van der Waals surface area contributed by atoms with Crippen LogP contribution in [-0.4, -0.2) is 38.4 Å². The zero-order chi connectivity index (χ0) is 19.1. The summed E-state index contributed by atoms with van der Waals surface area (Å²) in [5, 5.41) is 9.57. The third kappa shape index (κ3) is 21.0. The molecule has 0 heterocycles. The maximum atomic E-state index is 4.42. The van der Waals surface area contributed by atoms with Gasteiger partial charge in [-0.1, -0.05) is 69.8 Å². The van der Waals surface area contributed by atoms with E-state index in [-0.39, 0.29) is 0 Å². The normalized spacial score (nSPS) is 12.1. The SMILES string of the molecule is CCCCC/C=C\C/C=C\CCCCCCCCC=NN(C)CCNC. The molecule has 26 heavy (non-hydrogen) atoms. The van der Waals surface area contributed by atoms with Crippen LogP contribution >= 0.6 is 0 Å². The van der Waals surface area contributed by atoms with Gasteiger partial charge in [0.2, 0.25) is 0 Å². The summed E-state index contributed by atoms with van der Waals surface area (Å²) in [6.07, 6.45) is 28.2. The highest BCUT2D eigenvalue weighted by Gasteiger charge is 1.92. The number of likely N-dealkylation sites (N-methyl/N-ethyl adjacent to an activating group) is 2. The first-order valence-corrected chi connectivity index (χ1v) is 11.0. The zero-order valence-corrected chi connectivity index (χ0v) is 17.9.